The zero-order valence-electron chi connectivity index (χ0n) is 21.2. The highest BCUT2D eigenvalue weighted by atomic mass is 32.2. The zero-order valence-corrected chi connectivity index (χ0v) is 22.9. The predicted octanol–water partition coefficient (Wildman–Crippen LogP) is 3.35. The second-order valence-electron chi connectivity index (χ2n) is 8.84. The Morgan fingerprint density at radius 2 is 2.00 bits per heavy atom. The first-order valence-corrected chi connectivity index (χ1v) is 14.7. The van der Waals surface area contributed by atoms with Gasteiger partial charge >= 0.3 is 19.4 Å². The van der Waals surface area contributed by atoms with E-state index in [0.29, 0.717) is 0 Å². The highest BCUT2D eigenvalue weighted by molar-refractivity contribution is 8.00. The molecule has 11 nitrogen and oxygen atoms in total. The van der Waals surface area contributed by atoms with Crippen LogP contribution < -0.4 is 21.0 Å². The standard InChI is InChI=1S/C24H35N4O7PS/c1-4-17(5-2)14-33-23(30)16(3)27-36(32,35-18-9-7-6-8-10-18)34-15-20-19(29)13-22(37-20)28-12-11-21(25)26-24(28)31/h6-12,16-17,19-20,22,29H,4-5,13-15H2,1-3H3,(H,27,32)(H2,25,26,31)/t16-,19?,20?,22?,36?/m0/s1. The van der Waals surface area contributed by atoms with Crippen LogP contribution in [-0.2, 0) is 18.6 Å². The number of hydrogen-bond acceptors (Lipinski definition) is 10. The van der Waals surface area contributed by atoms with Crippen molar-refractivity contribution in [2.24, 2.45) is 5.92 Å². The van der Waals surface area contributed by atoms with Gasteiger partial charge in [0, 0.05) is 12.6 Å². The summed E-state index contributed by atoms with van der Waals surface area (Å²) in [6.07, 6.45) is 2.71. The number of hydrogen-bond donors (Lipinski definition) is 3. The van der Waals surface area contributed by atoms with Crippen LogP contribution in [0.25, 0.3) is 0 Å². The number of aliphatic hydroxyl groups is 1. The lowest BCUT2D eigenvalue weighted by molar-refractivity contribution is -0.146. The summed E-state index contributed by atoms with van der Waals surface area (Å²) in [5.41, 5.74) is 5.04. The highest BCUT2D eigenvalue weighted by Gasteiger charge is 2.39. The van der Waals surface area contributed by atoms with Gasteiger partial charge in [-0.3, -0.25) is 13.9 Å². The number of aliphatic hydroxyl groups excluding tert-OH is 1. The van der Waals surface area contributed by atoms with E-state index in [-0.39, 0.29) is 37.1 Å². The van der Waals surface area contributed by atoms with Gasteiger partial charge in [0.2, 0.25) is 0 Å². The molecule has 1 aliphatic heterocycles. The molecule has 4 N–H and O–H groups in total. The third kappa shape index (κ3) is 8.31. The molecule has 3 rings (SSSR count). The Morgan fingerprint density at radius 3 is 2.65 bits per heavy atom. The molecular weight excluding hydrogens is 519 g/mol. The monoisotopic (exact) mass is 554 g/mol. The molecular formula is C24H35N4O7PS. The van der Waals surface area contributed by atoms with Crippen LogP contribution in [0, 0.1) is 5.92 Å². The van der Waals surface area contributed by atoms with Gasteiger partial charge < -0.3 is 20.1 Å². The summed E-state index contributed by atoms with van der Waals surface area (Å²) < 4.78 is 31.9. The Balaban J connectivity index is 1.68. The Labute approximate surface area is 220 Å². The minimum Gasteiger partial charge on any atom is -0.464 e. The first kappa shape index (κ1) is 29.2. The van der Waals surface area contributed by atoms with Gasteiger partial charge in [0.25, 0.3) is 0 Å². The average Bonchev–Trinajstić information content (AvgIpc) is 3.23. The van der Waals surface area contributed by atoms with Gasteiger partial charge in [0.1, 0.15) is 17.6 Å². The first-order chi connectivity index (χ1) is 17.6. The number of aromatic nitrogens is 2. The molecule has 1 fully saturated rings. The quantitative estimate of drug-likeness (QED) is 0.247. The Hall–Kier alpha value is -2.37. The number of carbonyl (C=O) groups excluding carboxylic acids is 1. The topological polar surface area (TPSA) is 155 Å². The zero-order chi connectivity index (χ0) is 27.0. The van der Waals surface area contributed by atoms with Crippen molar-refractivity contribution in [3.8, 4) is 5.75 Å². The van der Waals surface area contributed by atoms with Crippen molar-refractivity contribution in [2.75, 3.05) is 18.9 Å². The molecule has 1 saturated heterocycles. The van der Waals surface area contributed by atoms with Crippen LogP contribution in [0.4, 0.5) is 5.82 Å². The van der Waals surface area contributed by atoms with Crippen LogP contribution >= 0.6 is 19.5 Å². The van der Waals surface area contributed by atoms with Crippen LogP contribution in [0.3, 0.4) is 0 Å². The molecule has 0 amide bonds. The number of nitrogen functional groups attached to an aromatic ring is 1. The van der Waals surface area contributed by atoms with Crippen molar-refractivity contribution in [1.82, 2.24) is 14.6 Å². The van der Waals surface area contributed by atoms with E-state index in [2.05, 4.69) is 10.1 Å². The minimum absolute atomic E-state index is 0.113. The number of anilines is 1. The smallest absolute Gasteiger partial charge is 0.459 e. The molecule has 37 heavy (non-hydrogen) atoms. The van der Waals surface area contributed by atoms with Crippen molar-refractivity contribution in [3.05, 3.63) is 53.1 Å². The highest BCUT2D eigenvalue weighted by Crippen LogP contribution is 2.48. The van der Waals surface area contributed by atoms with Crippen LogP contribution in [-0.4, -0.2) is 51.2 Å². The number of benzene rings is 1. The van der Waals surface area contributed by atoms with Gasteiger partial charge in [0.05, 0.1) is 29.9 Å². The molecule has 5 atom stereocenters. The van der Waals surface area contributed by atoms with Crippen LogP contribution in [0.1, 0.15) is 45.4 Å². The second kappa shape index (κ2) is 13.4. The molecule has 2 heterocycles. The van der Waals surface area contributed by atoms with Crippen LogP contribution in [0.2, 0.25) is 0 Å². The summed E-state index contributed by atoms with van der Waals surface area (Å²) in [5, 5.41) is 12.4. The third-order valence-corrected chi connectivity index (χ3v) is 9.24. The fraction of sp³-hybridized carbons (Fsp3) is 0.542. The van der Waals surface area contributed by atoms with E-state index in [1.54, 1.807) is 30.3 Å². The lowest BCUT2D eigenvalue weighted by Crippen LogP contribution is -2.36. The van der Waals surface area contributed by atoms with E-state index in [9.17, 15) is 19.3 Å². The maximum Gasteiger partial charge on any atom is 0.459 e. The molecule has 1 aromatic heterocycles. The van der Waals surface area contributed by atoms with Gasteiger partial charge in [-0.15, -0.1) is 11.8 Å². The predicted molar refractivity (Wildman–Crippen MR) is 142 cm³/mol. The van der Waals surface area contributed by atoms with Gasteiger partial charge in [-0.1, -0.05) is 44.9 Å². The molecule has 2 aromatic rings. The van der Waals surface area contributed by atoms with Crippen LogP contribution in [0.5, 0.6) is 5.75 Å². The van der Waals surface area contributed by atoms with Gasteiger partial charge in [-0.05, 0) is 31.0 Å². The molecule has 204 valence electrons. The minimum atomic E-state index is -4.07. The number of esters is 1. The van der Waals surface area contributed by atoms with Crippen molar-refractivity contribution in [3.63, 3.8) is 0 Å². The Morgan fingerprint density at radius 1 is 1.30 bits per heavy atom. The van der Waals surface area contributed by atoms with Gasteiger partial charge in [0.15, 0.2) is 0 Å². The number of thioether (sulfide) groups is 1. The molecule has 0 saturated carbocycles. The SMILES string of the molecule is CCC(CC)COC(=O)[C@H](C)NP(=O)(OCC1SC(n2ccc(N)nc2=O)CC1O)Oc1ccccc1. The summed E-state index contributed by atoms with van der Waals surface area (Å²) >= 11 is 1.29. The molecule has 4 unspecified atom stereocenters. The maximum absolute atomic E-state index is 13.7. The average molecular weight is 555 g/mol. The van der Waals surface area contributed by atoms with E-state index in [4.69, 9.17) is 19.5 Å². The van der Waals surface area contributed by atoms with E-state index in [1.807, 2.05) is 13.8 Å². The van der Waals surface area contributed by atoms with Crippen molar-refractivity contribution >= 4 is 31.3 Å². The summed E-state index contributed by atoms with van der Waals surface area (Å²) in [5.74, 6) is 0.0746. The molecule has 0 aliphatic carbocycles. The number of para-hydroxylation sites is 1. The fourth-order valence-corrected chi connectivity index (χ4v) is 6.76. The molecule has 0 bridgehead atoms. The van der Waals surface area contributed by atoms with E-state index < -0.39 is 42.2 Å². The number of carbonyl (C=O) groups is 1. The normalized spacial score (nSPS) is 21.9. The molecule has 0 spiro atoms. The summed E-state index contributed by atoms with van der Waals surface area (Å²) in [4.78, 5) is 28.5. The van der Waals surface area contributed by atoms with Crippen molar-refractivity contribution < 1.29 is 28.3 Å². The Bertz CT molecular complexity index is 1130. The fourth-order valence-electron chi connectivity index (χ4n) is 3.70. The molecule has 1 aromatic carbocycles. The van der Waals surface area contributed by atoms with E-state index in [0.717, 1.165) is 12.8 Å². The molecule has 0 radical (unpaired) electrons. The first-order valence-electron chi connectivity index (χ1n) is 12.3. The second-order valence-corrected chi connectivity index (χ2v) is 12.0. The summed E-state index contributed by atoms with van der Waals surface area (Å²) in [7, 11) is -4.07. The van der Waals surface area contributed by atoms with Gasteiger partial charge in [-0.2, -0.15) is 10.1 Å². The number of nitrogens with two attached hydrogens (primary N) is 1. The van der Waals surface area contributed by atoms with Gasteiger partial charge in [-0.25, -0.2) is 9.36 Å². The third-order valence-electron chi connectivity index (χ3n) is 6.06. The lowest BCUT2D eigenvalue weighted by atomic mass is 10.1. The number of nitrogens with zero attached hydrogens (tertiary/aromatic N) is 2. The number of rotatable bonds is 13. The number of ether oxygens (including phenoxy) is 1. The van der Waals surface area contributed by atoms with E-state index in [1.165, 1.54) is 35.5 Å². The summed E-state index contributed by atoms with van der Waals surface area (Å²) in [6.45, 7) is 5.69. The molecule has 13 heteroatoms. The van der Waals surface area contributed by atoms with Crippen LogP contribution in [0.15, 0.2) is 47.4 Å². The maximum atomic E-state index is 13.7. The van der Waals surface area contributed by atoms with E-state index >= 15 is 0 Å². The summed E-state index contributed by atoms with van der Waals surface area (Å²) in [6, 6.07) is 8.97. The molecule has 1 aliphatic rings. The number of nitrogens with one attached hydrogen (secondary N) is 1. The van der Waals surface area contributed by atoms with Crippen molar-refractivity contribution in [1.29, 1.82) is 0 Å². The largest absolute Gasteiger partial charge is 0.464 e. The van der Waals surface area contributed by atoms with Crippen molar-refractivity contribution in [2.45, 2.75) is 62.8 Å². The lowest BCUT2D eigenvalue weighted by Gasteiger charge is -2.25. The Kier molecular flexibility index (Phi) is 10.6.